The third-order valence-electron chi connectivity index (χ3n) is 4.96. The van der Waals surface area contributed by atoms with Crippen molar-refractivity contribution in [2.24, 2.45) is 0 Å². The molecule has 3 aromatic rings. The summed E-state index contributed by atoms with van der Waals surface area (Å²) in [7, 11) is 2.84. The van der Waals surface area contributed by atoms with Crippen molar-refractivity contribution in [2.75, 3.05) is 24.9 Å². The fourth-order valence-electron chi connectivity index (χ4n) is 3.19. The van der Waals surface area contributed by atoms with E-state index in [4.69, 9.17) is 9.47 Å². The Kier molecular flexibility index (Phi) is 8.70. The lowest BCUT2D eigenvalue weighted by atomic mass is 10.1. The van der Waals surface area contributed by atoms with Crippen LogP contribution >= 0.6 is 11.8 Å². The van der Waals surface area contributed by atoms with Crippen LogP contribution in [0.3, 0.4) is 0 Å². The van der Waals surface area contributed by atoms with Gasteiger partial charge in [-0.15, -0.1) is 11.8 Å². The van der Waals surface area contributed by atoms with Crippen molar-refractivity contribution in [3.8, 4) is 5.75 Å². The highest BCUT2D eigenvalue weighted by Crippen LogP contribution is 2.29. The molecule has 0 bridgehead atoms. The summed E-state index contributed by atoms with van der Waals surface area (Å²) in [6, 6.07) is 20.9. The van der Waals surface area contributed by atoms with Gasteiger partial charge in [-0.3, -0.25) is 9.59 Å². The third-order valence-corrected chi connectivity index (χ3v) is 6.31. The zero-order valence-electron chi connectivity index (χ0n) is 19.2. The number of hydrogen-bond acceptors (Lipinski definition) is 6. The first-order chi connectivity index (χ1) is 16.4. The molecule has 0 saturated heterocycles. The van der Waals surface area contributed by atoms with Crippen molar-refractivity contribution in [3.63, 3.8) is 0 Å². The minimum absolute atomic E-state index is 0.227. The Bertz CT molecular complexity index is 1180. The summed E-state index contributed by atoms with van der Waals surface area (Å²) in [5.41, 5.74) is 1.79. The maximum absolute atomic E-state index is 13.0. The highest BCUT2D eigenvalue weighted by atomic mass is 32.2. The van der Waals surface area contributed by atoms with Crippen molar-refractivity contribution in [1.29, 1.82) is 0 Å². The standard InChI is InChI=1S/C26H26N2O5S/c1-4-23(25(30)28-22-14-6-5-13-21(22)26(31)33-3)34-20-12-8-10-18(16-20)27-24(29)17-9-7-11-19(15-17)32-2/h5-16,23H,4H2,1-3H3,(H,27,29)(H,28,30). The SMILES string of the molecule is CCC(Sc1cccc(NC(=O)c2cccc(OC)c2)c1)C(=O)Nc1ccccc1C(=O)OC. The van der Waals surface area contributed by atoms with Gasteiger partial charge in [0, 0.05) is 16.1 Å². The molecule has 2 N–H and O–H groups in total. The van der Waals surface area contributed by atoms with E-state index >= 15 is 0 Å². The van der Waals surface area contributed by atoms with E-state index in [1.54, 1.807) is 61.7 Å². The molecule has 7 nitrogen and oxygen atoms in total. The minimum atomic E-state index is -0.518. The molecule has 176 valence electrons. The highest BCUT2D eigenvalue weighted by molar-refractivity contribution is 8.00. The second-order valence-electron chi connectivity index (χ2n) is 7.26. The largest absolute Gasteiger partial charge is 0.497 e. The van der Waals surface area contributed by atoms with Gasteiger partial charge in [0.15, 0.2) is 0 Å². The molecule has 0 spiro atoms. The first kappa shape index (κ1) is 24.9. The number of para-hydroxylation sites is 1. The van der Waals surface area contributed by atoms with Gasteiger partial charge in [-0.1, -0.05) is 31.2 Å². The van der Waals surface area contributed by atoms with Crippen molar-refractivity contribution < 1.29 is 23.9 Å². The summed E-state index contributed by atoms with van der Waals surface area (Å²) in [5.74, 6) is -0.404. The molecule has 0 aliphatic heterocycles. The zero-order chi connectivity index (χ0) is 24.5. The predicted molar refractivity (Wildman–Crippen MR) is 134 cm³/mol. The number of nitrogens with one attached hydrogen (secondary N) is 2. The third kappa shape index (κ3) is 6.39. The molecule has 0 fully saturated rings. The number of amides is 2. The molecule has 3 rings (SSSR count). The van der Waals surface area contributed by atoms with Crippen molar-refractivity contribution in [1.82, 2.24) is 0 Å². The number of benzene rings is 3. The molecular formula is C26H26N2O5S. The molecular weight excluding hydrogens is 452 g/mol. The first-order valence-corrected chi connectivity index (χ1v) is 11.5. The lowest BCUT2D eigenvalue weighted by molar-refractivity contribution is -0.115. The Balaban J connectivity index is 1.70. The van der Waals surface area contributed by atoms with E-state index < -0.39 is 11.2 Å². The first-order valence-electron chi connectivity index (χ1n) is 10.7. The smallest absolute Gasteiger partial charge is 0.339 e. The molecule has 1 unspecified atom stereocenters. The van der Waals surface area contributed by atoms with Crippen LogP contribution in [-0.4, -0.2) is 37.3 Å². The summed E-state index contributed by atoms with van der Waals surface area (Å²) in [4.78, 5) is 38.4. The van der Waals surface area contributed by atoms with E-state index in [0.717, 1.165) is 4.90 Å². The minimum Gasteiger partial charge on any atom is -0.497 e. The second kappa shape index (κ2) is 11.9. The van der Waals surface area contributed by atoms with Gasteiger partial charge in [0.1, 0.15) is 5.75 Å². The van der Waals surface area contributed by atoms with Gasteiger partial charge in [-0.2, -0.15) is 0 Å². The van der Waals surface area contributed by atoms with Crippen LogP contribution in [0.2, 0.25) is 0 Å². The summed E-state index contributed by atoms with van der Waals surface area (Å²) >= 11 is 1.38. The molecule has 0 aliphatic carbocycles. The Hall–Kier alpha value is -3.78. The van der Waals surface area contributed by atoms with Crippen LogP contribution in [0.4, 0.5) is 11.4 Å². The van der Waals surface area contributed by atoms with Gasteiger partial charge in [-0.05, 0) is 55.0 Å². The van der Waals surface area contributed by atoms with E-state index in [2.05, 4.69) is 10.6 Å². The quantitative estimate of drug-likeness (QED) is 0.323. The number of ether oxygens (including phenoxy) is 2. The van der Waals surface area contributed by atoms with Crippen LogP contribution in [0, 0.1) is 0 Å². The monoisotopic (exact) mass is 478 g/mol. The number of carbonyl (C=O) groups excluding carboxylic acids is 3. The number of rotatable bonds is 9. The molecule has 0 saturated carbocycles. The maximum atomic E-state index is 13.0. The zero-order valence-corrected chi connectivity index (χ0v) is 20.0. The molecule has 0 aliphatic rings. The summed E-state index contributed by atoms with van der Waals surface area (Å²) in [5, 5.41) is 5.30. The van der Waals surface area contributed by atoms with E-state index in [1.165, 1.54) is 18.9 Å². The lowest BCUT2D eigenvalue weighted by Crippen LogP contribution is -2.25. The topological polar surface area (TPSA) is 93.7 Å². The average Bonchev–Trinajstić information content (AvgIpc) is 2.87. The van der Waals surface area contributed by atoms with Gasteiger partial charge in [0.25, 0.3) is 5.91 Å². The van der Waals surface area contributed by atoms with Crippen LogP contribution in [0.25, 0.3) is 0 Å². The number of methoxy groups -OCH3 is 2. The van der Waals surface area contributed by atoms with Gasteiger partial charge < -0.3 is 20.1 Å². The number of hydrogen-bond donors (Lipinski definition) is 2. The van der Waals surface area contributed by atoms with E-state index in [0.29, 0.717) is 34.7 Å². The molecule has 3 aromatic carbocycles. The number of esters is 1. The number of carbonyl (C=O) groups is 3. The highest BCUT2D eigenvalue weighted by Gasteiger charge is 2.21. The van der Waals surface area contributed by atoms with E-state index in [-0.39, 0.29) is 11.8 Å². The maximum Gasteiger partial charge on any atom is 0.339 e. The van der Waals surface area contributed by atoms with Crippen LogP contribution in [0.1, 0.15) is 34.1 Å². The molecule has 34 heavy (non-hydrogen) atoms. The molecule has 1 atom stereocenters. The predicted octanol–water partition coefficient (Wildman–Crippen LogP) is 5.24. The van der Waals surface area contributed by atoms with Crippen molar-refractivity contribution >= 4 is 40.9 Å². The molecule has 0 radical (unpaired) electrons. The molecule has 0 aromatic heterocycles. The average molecular weight is 479 g/mol. The molecule has 2 amide bonds. The second-order valence-corrected chi connectivity index (χ2v) is 8.53. The van der Waals surface area contributed by atoms with E-state index in [9.17, 15) is 14.4 Å². The summed E-state index contributed by atoms with van der Waals surface area (Å²) in [6.07, 6.45) is 0.567. The fourth-order valence-corrected chi connectivity index (χ4v) is 4.21. The van der Waals surface area contributed by atoms with Gasteiger partial charge >= 0.3 is 5.97 Å². The van der Waals surface area contributed by atoms with Gasteiger partial charge in [-0.25, -0.2) is 4.79 Å². The summed E-state index contributed by atoms with van der Waals surface area (Å²) < 4.78 is 9.97. The van der Waals surface area contributed by atoms with Crippen molar-refractivity contribution in [2.45, 2.75) is 23.5 Å². The normalized spacial score (nSPS) is 11.3. The van der Waals surface area contributed by atoms with Crippen LogP contribution in [0.15, 0.2) is 77.7 Å². The fraction of sp³-hybridized carbons (Fsp3) is 0.192. The van der Waals surface area contributed by atoms with Gasteiger partial charge in [0.05, 0.1) is 30.7 Å². The van der Waals surface area contributed by atoms with Crippen LogP contribution in [-0.2, 0) is 9.53 Å². The Morgan fingerprint density at radius 2 is 1.68 bits per heavy atom. The number of anilines is 2. The van der Waals surface area contributed by atoms with Crippen LogP contribution in [0.5, 0.6) is 5.75 Å². The van der Waals surface area contributed by atoms with Crippen molar-refractivity contribution in [3.05, 3.63) is 83.9 Å². The van der Waals surface area contributed by atoms with Crippen LogP contribution < -0.4 is 15.4 Å². The van der Waals surface area contributed by atoms with Gasteiger partial charge in [0.2, 0.25) is 5.91 Å². The summed E-state index contributed by atoms with van der Waals surface area (Å²) in [6.45, 7) is 1.91. The lowest BCUT2D eigenvalue weighted by Gasteiger charge is -2.17. The molecule has 0 heterocycles. The number of thioether (sulfide) groups is 1. The Labute approximate surface area is 202 Å². The Morgan fingerprint density at radius 3 is 2.41 bits per heavy atom. The Morgan fingerprint density at radius 1 is 0.912 bits per heavy atom. The molecule has 8 heteroatoms. The van der Waals surface area contributed by atoms with E-state index in [1.807, 2.05) is 25.1 Å².